The molecule has 0 unspecified atom stereocenters. The summed E-state index contributed by atoms with van der Waals surface area (Å²) in [6.45, 7) is 0. The van der Waals surface area contributed by atoms with Gasteiger partial charge in [-0.25, -0.2) is 15.0 Å². The summed E-state index contributed by atoms with van der Waals surface area (Å²) in [6.07, 6.45) is 6.95. The van der Waals surface area contributed by atoms with Crippen LogP contribution in [0.3, 0.4) is 0 Å². The van der Waals surface area contributed by atoms with Gasteiger partial charge in [0.15, 0.2) is 0 Å². The highest BCUT2D eigenvalue weighted by Crippen LogP contribution is 2.18. The Kier molecular flexibility index (Phi) is 1.14. The van der Waals surface area contributed by atoms with E-state index in [9.17, 15) is 0 Å². The summed E-state index contributed by atoms with van der Waals surface area (Å²) >= 11 is 0. The number of nitrogens with zero attached hydrogens (tertiary/aromatic N) is 3. The summed E-state index contributed by atoms with van der Waals surface area (Å²) in [5.41, 5.74) is 1.81. The maximum atomic E-state index is 4.23. The first kappa shape index (κ1) is 6.54. The molecule has 0 bridgehead atoms. The zero-order valence-corrected chi connectivity index (χ0v) is 6.73. The molecular weight excluding hydrogens is 164 g/mol. The highest BCUT2D eigenvalue weighted by Gasteiger charge is 2.01. The SMILES string of the molecule is c1ncc2cnc3[nH]ccc3c2n1. The quantitative estimate of drug-likeness (QED) is 0.556. The van der Waals surface area contributed by atoms with Gasteiger partial charge in [-0.2, -0.15) is 0 Å². The topological polar surface area (TPSA) is 54.5 Å². The summed E-state index contributed by atoms with van der Waals surface area (Å²) in [6, 6.07) is 1.97. The van der Waals surface area contributed by atoms with Gasteiger partial charge in [-0.1, -0.05) is 0 Å². The molecule has 0 saturated heterocycles. The van der Waals surface area contributed by atoms with Crippen LogP contribution in [0.25, 0.3) is 21.9 Å². The van der Waals surface area contributed by atoms with E-state index in [0.29, 0.717) is 0 Å². The molecule has 0 radical (unpaired) electrons. The van der Waals surface area contributed by atoms with E-state index in [0.717, 1.165) is 21.9 Å². The number of pyridine rings is 1. The van der Waals surface area contributed by atoms with Crippen LogP contribution in [0.4, 0.5) is 0 Å². The number of hydrogen-bond donors (Lipinski definition) is 1. The monoisotopic (exact) mass is 170 g/mol. The van der Waals surface area contributed by atoms with Crippen LogP contribution in [-0.4, -0.2) is 19.9 Å². The zero-order valence-electron chi connectivity index (χ0n) is 6.73. The van der Waals surface area contributed by atoms with Gasteiger partial charge in [0, 0.05) is 29.4 Å². The van der Waals surface area contributed by atoms with Crippen LogP contribution in [0, 0.1) is 0 Å². The standard InChI is InChI=1S/C9H6N4/c1-2-11-9-7(1)8-6(4-12-9)3-10-5-13-8/h1-5H,(H,11,12). The molecule has 0 atom stereocenters. The van der Waals surface area contributed by atoms with Crippen molar-refractivity contribution >= 4 is 21.9 Å². The fourth-order valence-corrected chi connectivity index (χ4v) is 1.45. The largest absolute Gasteiger partial charge is 0.346 e. The van der Waals surface area contributed by atoms with Crippen molar-refractivity contribution < 1.29 is 0 Å². The van der Waals surface area contributed by atoms with Crippen molar-refractivity contribution in [2.45, 2.75) is 0 Å². The van der Waals surface area contributed by atoms with Gasteiger partial charge in [0.2, 0.25) is 0 Å². The molecule has 0 amide bonds. The lowest BCUT2D eigenvalue weighted by Crippen LogP contribution is -1.83. The summed E-state index contributed by atoms with van der Waals surface area (Å²) in [4.78, 5) is 15.4. The van der Waals surface area contributed by atoms with Gasteiger partial charge < -0.3 is 4.98 Å². The predicted molar refractivity (Wildman–Crippen MR) is 49.2 cm³/mol. The lowest BCUT2D eigenvalue weighted by molar-refractivity contribution is 1.22. The third kappa shape index (κ3) is 0.823. The molecular formula is C9H6N4. The molecule has 0 fully saturated rings. The molecule has 1 N–H and O–H groups in total. The molecule has 0 aliphatic heterocycles. The van der Waals surface area contributed by atoms with Crippen molar-refractivity contribution in [2.75, 3.05) is 0 Å². The molecule has 62 valence electrons. The fourth-order valence-electron chi connectivity index (χ4n) is 1.45. The third-order valence-electron chi connectivity index (χ3n) is 2.05. The van der Waals surface area contributed by atoms with E-state index in [2.05, 4.69) is 19.9 Å². The third-order valence-corrected chi connectivity index (χ3v) is 2.05. The van der Waals surface area contributed by atoms with Gasteiger partial charge >= 0.3 is 0 Å². The number of hydrogen-bond acceptors (Lipinski definition) is 3. The van der Waals surface area contributed by atoms with Crippen LogP contribution < -0.4 is 0 Å². The molecule has 3 heterocycles. The van der Waals surface area contributed by atoms with E-state index in [1.807, 2.05) is 12.3 Å². The number of nitrogens with one attached hydrogen (secondary N) is 1. The average molecular weight is 170 g/mol. The minimum Gasteiger partial charge on any atom is -0.346 e. The molecule has 3 aromatic heterocycles. The number of fused-ring (bicyclic) bond motifs is 3. The fraction of sp³-hybridized carbons (Fsp3) is 0. The van der Waals surface area contributed by atoms with Crippen LogP contribution in [-0.2, 0) is 0 Å². The van der Waals surface area contributed by atoms with Crippen molar-refractivity contribution in [3.05, 3.63) is 31.0 Å². The first-order valence-corrected chi connectivity index (χ1v) is 3.97. The summed E-state index contributed by atoms with van der Waals surface area (Å²) < 4.78 is 0. The molecule has 0 aliphatic rings. The Balaban J connectivity index is 2.65. The molecule has 4 nitrogen and oxygen atoms in total. The summed E-state index contributed by atoms with van der Waals surface area (Å²) in [5, 5.41) is 2.01. The molecule has 0 saturated carbocycles. The minimum atomic E-state index is 0.867. The Morgan fingerprint density at radius 3 is 3.15 bits per heavy atom. The van der Waals surface area contributed by atoms with E-state index in [1.165, 1.54) is 0 Å². The molecule has 3 rings (SSSR count). The van der Waals surface area contributed by atoms with Gasteiger partial charge in [-0.3, -0.25) is 0 Å². The van der Waals surface area contributed by atoms with Crippen LogP contribution in [0.1, 0.15) is 0 Å². The Labute approximate surface area is 73.7 Å². The van der Waals surface area contributed by atoms with Crippen molar-refractivity contribution in [3.63, 3.8) is 0 Å². The average Bonchev–Trinajstić information content (AvgIpc) is 2.65. The van der Waals surface area contributed by atoms with E-state index in [-0.39, 0.29) is 0 Å². The maximum absolute atomic E-state index is 4.23. The van der Waals surface area contributed by atoms with Crippen LogP contribution in [0.15, 0.2) is 31.0 Å². The molecule has 3 aromatic rings. The Morgan fingerprint density at radius 2 is 2.15 bits per heavy atom. The summed E-state index contributed by atoms with van der Waals surface area (Å²) in [5.74, 6) is 0. The molecule has 0 aromatic carbocycles. The molecule has 0 spiro atoms. The lowest BCUT2D eigenvalue weighted by Gasteiger charge is -1.95. The van der Waals surface area contributed by atoms with Crippen molar-refractivity contribution in [1.82, 2.24) is 19.9 Å². The van der Waals surface area contributed by atoms with Gasteiger partial charge in [0.05, 0.1) is 5.52 Å². The number of aromatic amines is 1. The minimum absolute atomic E-state index is 0.867. The molecule has 0 aliphatic carbocycles. The highest BCUT2D eigenvalue weighted by molar-refractivity contribution is 6.01. The number of aromatic nitrogens is 4. The predicted octanol–water partition coefficient (Wildman–Crippen LogP) is 1.51. The first-order chi connectivity index (χ1) is 6.45. The van der Waals surface area contributed by atoms with Gasteiger partial charge in [-0.15, -0.1) is 0 Å². The van der Waals surface area contributed by atoms with Crippen molar-refractivity contribution in [2.24, 2.45) is 0 Å². The Bertz CT molecular complexity index is 570. The van der Waals surface area contributed by atoms with E-state index >= 15 is 0 Å². The second kappa shape index (κ2) is 2.26. The van der Waals surface area contributed by atoms with Crippen molar-refractivity contribution in [1.29, 1.82) is 0 Å². The van der Waals surface area contributed by atoms with Crippen LogP contribution in [0.2, 0.25) is 0 Å². The van der Waals surface area contributed by atoms with E-state index < -0.39 is 0 Å². The van der Waals surface area contributed by atoms with Crippen LogP contribution >= 0.6 is 0 Å². The Hall–Kier alpha value is -1.97. The van der Waals surface area contributed by atoms with E-state index in [4.69, 9.17) is 0 Å². The van der Waals surface area contributed by atoms with Gasteiger partial charge in [0.25, 0.3) is 0 Å². The number of rotatable bonds is 0. The summed E-state index contributed by atoms with van der Waals surface area (Å²) in [7, 11) is 0. The smallest absolute Gasteiger partial charge is 0.139 e. The highest BCUT2D eigenvalue weighted by atomic mass is 14.9. The lowest BCUT2D eigenvalue weighted by atomic mass is 10.2. The van der Waals surface area contributed by atoms with Crippen molar-refractivity contribution in [3.8, 4) is 0 Å². The van der Waals surface area contributed by atoms with Crippen LogP contribution in [0.5, 0.6) is 0 Å². The molecule has 13 heavy (non-hydrogen) atoms. The molecule has 4 heteroatoms. The second-order valence-electron chi connectivity index (χ2n) is 2.82. The van der Waals surface area contributed by atoms with Gasteiger partial charge in [0.1, 0.15) is 12.0 Å². The number of H-pyrrole nitrogens is 1. The first-order valence-electron chi connectivity index (χ1n) is 3.97. The second-order valence-corrected chi connectivity index (χ2v) is 2.82. The Morgan fingerprint density at radius 1 is 1.15 bits per heavy atom. The maximum Gasteiger partial charge on any atom is 0.139 e. The van der Waals surface area contributed by atoms with E-state index in [1.54, 1.807) is 18.7 Å². The normalized spacial score (nSPS) is 11.1. The van der Waals surface area contributed by atoms with Gasteiger partial charge in [-0.05, 0) is 6.07 Å². The zero-order chi connectivity index (χ0) is 8.67.